The molecule has 0 amide bonds. The highest BCUT2D eigenvalue weighted by Crippen LogP contribution is 2.50. The van der Waals surface area contributed by atoms with Gasteiger partial charge in [0.15, 0.2) is 11.6 Å². The molecule has 4 N–H and O–H groups in total. The Labute approximate surface area is 176 Å². The van der Waals surface area contributed by atoms with E-state index in [9.17, 15) is 34.8 Å². The van der Waals surface area contributed by atoms with Crippen LogP contribution >= 0.6 is 0 Å². The molecule has 0 fully saturated rings. The van der Waals surface area contributed by atoms with E-state index >= 15 is 0 Å². The Morgan fingerprint density at radius 3 is 2.42 bits per heavy atom. The van der Waals surface area contributed by atoms with E-state index < -0.39 is 71.1 Å². The second-order valence-corrected chi connectivity index (χ2v) is 7.66. The third kappa shape index (κ3) is 2.85. The fourth-order valence-corrected chi connectivity index (χ4v) is 4.42. The second-order valence-electron chi connectivity index (χ2n) is 7.66. The molecule has 2 unspecified atom stereocenters. The van der Waals surface area contributed by atoms with Crippen LogP contribution in [-0.4, -0.2) is 64.2 Å². The van der Waals surface area contributed by atoms with Gasteiger partial charge in [-0.3, -0.25) is 14.4 Å². The molecule has 0 spiro atoms. The van der Waals surface area contributed by atoms with Gasteiger partial charge in [-0.05, 0) is 6.07 Å². The molecule has 0 saturated carbocycles. The van der Waals surface area contributed by atoms with Crippen molar-refractivity contribution in [2.24, 2.45) is 0 Å². The maximum absolute atomic E-state index is 13.2. The molecule has 0 bridgehead atoms. The summed E-state index contributed by atoms with van der Waals surface area (Å²) in [6, 6.07) is 4.39. The highest BCUT2D eigenvalue weighted by Gasteiger charge is 2.48. The number of hydrogen-bond acceptors (Lipinski definition) is 9. The van der Waals surface area contributed by atoms with Gasteiger partial charge in [-0.2, -0.15) is 0 Å². The fraction of sp³-hybridized carbons (Fsp3) is 0.318. The molecule has 2 aliphatic rings. The van der Waals surface area contributed by atoms with Gasteiger partial charge in [0.05, 0.1) is 29.9 Å². The van der Waals surface area contributed by atoms with E-state index in [2.05, 4.69) is 0 Å². The standard InChI is InChI=1S/C22H20O9/c1-30-8-13(24)22(29)6-10-14(11(23)7-22)20(27)17-16(19(10)26)18(25)9-4-3-5-12(31-2)15(9)21(17)28/h3-5,11,23,26-27,29H,6-8H2,1-2H3. The fourth-order valence-electron chi connectivity index (χ4n) is 4.42. The number of fused-ring (bicyclic) bond motifs is 3. The van der Waals surface area contributed by atoms with Crippen molar-refractivity contribution in [1.29, 1.82) is 0 Å². The maximum Gasteiger partial charge on any atom is 0.202 e. The summed E-state index contributed by atoms with van der Waals surface area (Å²) >= 11 is 0. The number of carbonyl (C=O) groups excluding carboxylic acids is 3. The summed E-state index contributed by atoms with van der Waals surface area (Å²) in [5, 5.41) is 43.2. The van der Waals surface area contributed by atoms with E-state index in [0.717, 1.165) is 0 Å². The number of ketones is 3. The summed E-state index contributed by atoms with van der Waals surface area (Å²) in [6.07, 6.45) is -2.52. The molecule has 2 aromatic rings. The van der Waals surface area contributed by atoms with Crippen molar-refractivity contribution in [3.05, 3.63) is 51.6 Å². The van der Waals surface area contributed by atoms with Crippen LogP contribution in [0.1, 0.15) is 55.5 Å². The van der Waals surface area contributed by atoms with E-state index in [1.54, 1.807) is 0 Å². The predicted octanol–water partition coefficient (Wildman–Crippen LogP) is 0.808. The number of aromatic hydroxyl groups is 2. The Hall–Kier alpha value is -3.27. The lowest BCUT2D eigenvalue weighted by atomic mass is 9.72. The smallest absolute Gasteiger partial charge is 0.202 e. The number of Topliss-reactive ketones (excluding diaryl/α,β-unsaturated/α-hetero) is 1. The van der Waals surface area contributed by atoms with Gasteiger partial charge < -0.3 is 29.9 Å². The van der Waals surface area contributed by atoms with Gasteiger partial charge in [0.1, 0.15) is 29.5 Å². The van der Waals surface area contributed by atoms with Gasteiger partial charge in [0.2, 0.25) is 5.78 Å². The molecule has 0 heterocycles. The molecule has 162 valence electrons. The van der Waals surface area contributed by atoms with Crippen LogP contribution in [-0.2, 0) is 16.0 Å². The third-order valence-corrected chi connectivity index (χ3v) is 5.89. The molecule has 9 heteroatoms. The van der Waals surface area contributed by atoms with E-state index in [-0.39, 0.29) is 28.0 Å². The highest BCUT2D eigenvalue weighted by atomic mass is 16.5. The second kappa shape index (κ2) is 7.16. The van der Waals surface area contributed by atoms with Gasteiger partial charge in [0.25, 0.3) is 0 Å². The summed E-state index contributed by atoms with van der Waals surface area (Å²) < 4.78 is 9.95. The van der Waals surface area contributed by atoms with Crippen molar-refractivity contribution >= 4 is 17.3 Å². The largest absolute Gasteiger partial charge is 0.507 e. The van der Waals surface area contributed by atoms with Crippen molar-refractivity contribution in [2.75, 3.05) is 20.8 Å². The normalized spacial score (nSPS) is 21.9. The van der Waals surface area contributed by atoms with Crippen molar-refractivity contribution in [1.82, 2.24) is 0 Å². The van der Waals surface area contributed by atoms with Gasteiger partial charge in [-0.25, -0.2) is 0 Å². The summed E-state index contributed by atoms with van der Waals surface area (Å²) in [4.78, 5) is 38.7. The number of aliphatic hydroxyl groups excluding tert-OH is 1. The number of hydrogen-bond donors (Lipinski definition) is 4. The van der Waals surface area contributed by atoms with Crippen LogP contribution in [0.2, 0.25) is 0 Å². The molecule has 0 aliphatic heterocycles. The molecule has 2 aliphatic carbocycles. The van der Waals surface area contributed by atoms with Gasteiger partial charge in [-0.15, -0.1) is 0 Å². The maximum atomic E-state index is 13.2. The zero-order chi connectivity index (χ0) is 22.7. The quantitative estimate of drug-likeness (QED) is 0.443. The SMILES string of the molecule is COCC(=O)C1(O)Cc2c(O)c3c(c(O)c2C(O)C1)C(=O)c1c(OC)cccc1C3=O. The zero-order valence-corrected chi connectivity index (χ0v) is 16.8. The number of rotatable bonds is 4. The molecule has 4 rings (SSSR count). The first-order chi connectivity index (χ1) is 14.7. The number of aliphatic hydroxyl groups is 2. The third-order valence-electron chi connectivity index (χ3n) is 5.89. The zero-order valence-electron chi connectivity index (χ0n) is 16.8. The predicted molar refractivity (Wildman–Crippen MR) is 105 cm³/mol. The minimum absolute atomic E-state index is 0.0198. The van der Waals surface area contributed by atoms with Crippen LogP contribution in [0.15, 0.2) is 18.2 Å². The summed E-state index contributed by atoms with van der Waals surface area (Å²) in [7, 11) is 2.60. The molecule has 2 aromatic carbocycles. The summed E-state index contributed by atoms with van der Waals surface area (Å²) in [5.74, 6) is -3.43. The molecule has 0 saturated heterocycles. The Morgan fingerprint density at radius 1 is 1.10 bits per heavy atom. The van der Waals surface area contributed by atoms with Gasteiger partial charge in [0, 0.05) is 36.6 Å². The van der Waals surface area contributed by atoms with E-state index in [1.807, 2.05) is 0 Å². The first kappa shape index (κ1) is 21.0. The first-order valence-corrected chi connectivity index (χ1v) is 9.46. The van der Waals surface area contributed by atoms with Crippen molar-refractivity contribution in [2.45, 2.75) is 24.5 Å². The average molecular weight is 428 g/mol. The average Bonchev–Trinajstić information content (AvgIpc) is 2.73. The number of carbonyl (C=O) groups is 3. The van der Waals surface area contributed by atoms with Crippen LogP contribution < -0.4 is 4.74 Å². The van der Waals surface area contributed by atoms with Crippen molar-refractivity contribution in [3.63, 3.8) is 0 Å². The molecule has 0 radical (unpaired) electrons. The Kier molecular flexibility index (Phi) is 4.84. The Morgan fingerprint density at radius 2 is 1.77 bits per heavy atom. The first-order valence-electron chi connectivity index (χ1n) is 9.46. The van der Waals surface area contributed by atoms with Gasteiger partial charge >= 0.3 is 0 Å². The number of methoxy groups -OCH3 is 2. The minimum atomic E-state index is -2.08. The lowest BCUT2D eigenvalue weighted by Crippen LogP contribution is -2.47. The topological polar surface area (TPSA) is 151 Å². The number of ether oxygens (including phenoxy) is 2. The summed E-state index contributed by atoms with van der Waals surface area (Å²) in [5.41, 5.74) is -3.44. The lowest BCUT2D eigenvalue weighted by Gasteiger charge is -2.37. The van der Waals surface area contributed by atoms with Crippen LogP contribution in [0.4, 0.5) is 0 Å². The number of phenols is 2. The molecular formula is C22H20O9. The monoisotopic (exact) mass is 428 g/mol. The van der Waals surface area contributed by atoms with Crippen LogP contribution in [0.3, 0.4) is 0 Å². The van der Waals surface area contributed by atoms with Crippen LogP contribution in [0.25, 0.3) is 0 Å². The number of phenolic OH excluding ortho intramolecular Hbond substituents is 2. The van der Waals surface area contributed by atoms with E-state index in [1.165, 1.54) is 32.4 Å². The molecule has 9 nitrogen and oxygen atoms in total. The van der Waals surface area contributed by atoms with E-state index in [4.69, 9.17) is 9.47 Å². The highest BCUT2D eigenvalue weighted by molar-refractivity contribution is 6.31. The minimum Gasteiger partial charge on any atom is -0.507 e. The molecular weight excluding hydrogens is 408 g/mol. The molecule has 31 heavy (non-hydrogen) atoms. The van der Waals surface area contributed by atoms with E-state index in [0.29, 0.717) is 0 Å². The van der Waals surface area contributed by atoms with Crippen molar-refractivity contribution < 1.29 is 44.3 Å². The molecule has 0 aromatic heterocycles. The molecule has 2 atom stereocenters. The number of benzene rings is 2. The Balaban J connectivity index is 1.96. The lowest BCUT2D eigenvalue weighted by molar-refractivity contribution is -0.145. The van der Waals surface area contributed by atoms with Crippen LogP contribution in [0, 0.1) is 0 Å². The van der Waals surface area contributed by atoms with Gasteiger partial charge in [-0.1, -0.05) is 12.1 Å². The van der Waals surface area contributed by atoms with Crippen LogP contribution in [0.5, 0.6) is 17.2 Å². The summed E-state index contributed by atoms with van der Waals surface area (Å²) in [6.45, 7) is -0.430. The van der Waals surface area contributed by atoms with Crippen molar-refractivity contribution in [3.8, 4) is 17.2 Å². The Bertz CT molecular complexity index is 1150.